The molecule has 7 heteroatoms. The molecule has 0 bridgehead atoms. The monoisotopic (exact) mass is 307 g/mol. The minimum atomic E-state index is -0.418. The number of furan rings is 1. The first-order valence-corrected chi connectivity index (χ1v) is 7.05. The van der Waals surface area contributed by atoms with E-state index in [0.717, 1.165) is 5.69 Å². The van der Waals surface area contributed by atoms with Gasteiger partial charge in [-0.3, -0.25) is 9.69 Å². The molecule has 0 aliphatic carbocycles. The molecule has 22 heavy (non-hydrogen) atoms. The number of aromatic nitrogens is 1. The molecule has 0 aromatic carbocycles. The van der Waals surface area contributed by atoms with E-state index < -0.39 is 6.04 Å². The Morgan fingerprint density at radius 1 is 1.55 bits per heavy atom. The second kappa shape index (κ2) is 7.24. The first-order valence-electron chi connectivity index (χ1n) is 7.05. The molecule has 2 rings (SSSR count). The summed E-state index contributed by atoms with van der Waals surface area (Å²) in [5.41, 5.74) is 6.15. The van der Waals surface area contributed by atoms with Crippen molar-refractivity contribution in [2.75, 3.05) is 20.3 Å². The first-order chi connectivity index (χ1) is 10.5. The van der Waals surface area contributed by atoms with Gasteiger partial charge in [0, 0.05) is 20.2 Å². The summed E-state index contributed by atoms with van der Waals surface area (Å²) in [5.74, 6) is 1.30. The van der Waals surface area contributed by atoms with Gasteiger partial charge >= 0.3 is 0 Å². The zero-order valence-corrected chi connectivity index (χ0v) is 13.0. The molecule has 0 saturated carbocycles. The Hall–Kier alpha value is -2.12. The number of amides is 1. The average Bonchev–Trinajstić information content (AvgIpc) is 3.12. The predicted octanol–water partition coefficient (Wildman–Crippen LogP) is 1.57. The van der Waals surface area contributed by atoms with Crippen LogP contribution in [-0.2, 0) is 16.1 Å². The fourth-order valence-electron chi connectivity index (χ4n) is 2.07. The minimum absolute atomic E-state index is 0.386. The van der Waals surface area contributed by atoms with Crippen LogP contribution in [0.5, 0.6) is 0 Å². The molecule has 0 spiro atoms. The molecule has 1 atom stereocenters. The number of carbonyl (C=O) groups is 1. The third-order valence-corrected chi connectivity index (χ3v) is 3.52. The molecule has 0 aliphatic rings. The van der Waals surface area contributed by atoms with E-state index in [1.54, 1.807) is 32.4 Å². The Labute approximate surface area is 129 Å². The van der Waals surface area contributed by atoms with Crippen LogP contribution in [0.2, 0.25) is 0 Å². The Kier molecular flexibility index (Phi) is 5.35. The number of carbonyl (C=O) groups excluding carboxylic acids is 1. The van der Waals surface area contributed by atoms with Gasteiger partial charge in [-0.1, -0.05) is 0 Å². The minimum Gasteiger partial charge on any atom is -0.459 e. The lowest BCUT2D eigenvalue weighted by Crippen LogP contribution is -2.43. The summed E-state index contributed by atoms with van der Waals surface area (Å²) in [6, 6.07) is 3.14. The summed E-state index contributed by atoms with van der Waals surface area (Å²) in [6.45, 7) is 5.12. The number of nitrogens with two attached hydrogens (primary N) is 1. The van der Waals surface area contributed by atoms with Crippen molar-refractivity contribution in [1.82, 2.24) is 9.88 Å². The number of oxazole rings is 1. The highest BCUT2D eigenvalue weighted by Crippen LogP contribution is 2.23. The summed E-state index contributed by atoms with van der Waals surface area (Å²) in [6.07, 6.45) is 1.56. The van der Waals surface area contributed by atoms with Crippen LogP contribution < -0.4 is 5.73 Å². The molecular formula is C15H21N3O4. The van der Waals surface area contributed by atoms with Crippen LogP contribution in [0.1, 0.15) is 18.4 Å². The van der Waals surface area contributed by atoms with Crippen LogP contribution in [-0.4, -0.2) is 42.1 Å². The highest BCUT2D eigenvalue weighted by atomic mass is 16.5. The van der Waals surface area contributed by atoms with Crippen LogP contribution >= 0.6 is 0 Å². The van der Waals surface area contributed by atoms with Gasteiger partial charge in [-0.15, -0.1) is 0 Å². The summed E-state index contributed by atoms with van der Waals surface area (Å²) in [4.78, 5) is 17.8. The number of hydrogen-bond acceptors (Lipinski definition) is 6. The van der Waals surface area contributed by atoms with Gasteiger partial charge in [0.05, 0.1) is 24.6 Å². The molecule has 2 aromatic rings. The van der Waals surface area contributed by atoms with E-state index in [1.165, 1.54) is 0 Å². The molecule has 0 saturated heterocycles. The average molecular weight is 307 g/mol. The topological polar surface area (TPSA) is 94.7 Å². The molecule has 2 aromatic heterocycles. The van der Waals surface area contributed by atoms with Crippen molar-refractivity contribution in [3.05, 3.63) is 29.9 Å². The van der Waals surface area contributed by atoms with Gasteiger partial charge in [0.1, 0.15) is 5.76 Å². The maximum atomic E-state index is 11.5. The maximum absolute atomic E-state index is 11.5. The lowest BCUT2D eigenvalue weighted by Gasteiger charge is -2.25. The van der Waals surface area contributed by atoms with E-state index in [2.05, 4.69) is 4.98 Å². The van der Waals surface area contributed by atoms with Crippen molar-refractivity contribution in [1.29, 1.82) is 0 Å². The van der Waals surface area contributed by atoms with Crippen LogP contribution in [0.25, 0.3) is 11.7 Å². The molecular weight excluding hydrogens is 286 g/mol. The third-order valence-electron chi connectivity index (χ3n) is 3.52. The molecule has 2 heterocycles. The summed E-state index contributed by atoms with van der Waals surface area (Å²) >= 11 is 0. The lowest BCUT2D eigenvalue weighted by atomic mass is 10.2. The van der Waals surface area contributed by atoms with Crippen molar-refractivity contribution < 1.29 is 18.4 Å². The van der Waals surface area contributed by atoms with E-state index in [1.807, 2.05) is 11.8 Å². The quantitative estimate of drug-likeness (QED) is 0.795. The van der Waals surface area contributed by atoms with Crippen molar-refractivity contribution in [2.24, 2.45) is 5.73 Å². The molecule has 0 radical (unpaired) electrons. The number of nitrogens with zero attached hydrogens (tertiary/aromatic N) is 2. The van der Waals surface area contributed by atoms with Gasteiger partial charge in [0.25, 0.3) is 5.89 Å². The Bertz CT molecular complexity index is 606. The molecule has 7 nitrogen and oxygen atoms in total. The molecule has 120 valence electrons. The molecule has 1 unspecified atom stereocenters. The van der Waals surface area contributed by atoms with Crippen LogP contribution in [0.3, 0.4) is 0 Å². The van der Waals surface area contributed by atoms with E-state index in [0.29, 0.717) is 37.1 Å². The van der Waals surface area contributed by atoms with E-state index in [9.17, 15) is 4.79 Å². The van der Waals surface area contributed by atoms with Crippen LogP contribution in [0, 0.1) is 6.92 Å². The Balaban J connectivity index is 2.17. The SMILES string of the molecule is COCCN(Cc1nc(-c2ccco2)oc1C)C(C)C(N)=O. The zero-order valence-electron chi connectivity index (χ0n) is 13.0. The standard InChI is InChI=1S/C15H21N3O4/c1-10(14(16)19)18(6-8-20-3)9-12-11(2)22-15(17-12)13-5-4-7-21-13/h4-5,7,10H,6,8-9H2,1-3H3,(H2,16,19). The highest BCUT2D eigenvalue weighted by Gasteiger charge is 2.22. The lowest BCUT2D eigenvalue weighted by molar-refractivity contribution is -0.123. The van der Waals surface area contributed by atoms with Crippen LogP contribution in [0.15, 0.2) is 27.2 Å². The van der Waals surface area contributed by atoms with Gasteiger partial charge < -0.3 is 19.3 Å². The van der Waals surface area contributed by atoms with E-state index in [4.69, 9.17) is 19.3 Å². The second-order valence-corrected chi connectivity index (χ2v) is 5.04. The van der Waals surface area contributed by atoms with Crippen molar-refractivity contribution in [3.63, 3.8) is 0 Å². The van der Waals surface area contributed by atoms with Gasteiger partial charge in [-0.25, -0.2) is 4.98 Å². The van der Waals surface area contributed by atoms with Crippen molar-refractivity contribution >= 4 is 5.91 Å². The number of methoxy groups -OCH3 is 1. The Morgan fingerprint density at radius 3 is 2.91 bits per heavy atom. The van der Waals surface area contributed by atoms with E-state index >= 15 is 0 Å². The van der Waals surface area contributed by atoms with Gasteiger partial charge in [-0.2, -0.15) is 0 Å². The fourth-order valence-corrected chi connectivity index (χ4v) is 2.07. The Morgan fingerprint density at radius 2 is 2.32 bits per heavy atom. The molecule has 0 fully saturated rings. The molecule has 2 N–H and O–H groups in total. The van der Waals surface area contributed by atoms with Gasteiger partial charge in [-0.05, 0) is 26.0 Å². The first kappa shape index (κ1) is 16.3. The predicted molar refractivity (Wildman–Crippen MR) is 79.9 cm³/mol. The van der Waals surface area contributed by atoms with Crippen molar-refractivity contribution in [2.45, 2.75) is 26.4 Å². The highest BCUT2D eigenvalue weighted by molar-refractivity contribution is 5.79. The van der Waals surface area contributed by atoms with Gasteiger partial charge in [0.2, 0.25) is 5.91 Å². The second-order valence-electron chi connectivity index (χ2n) is 5.04. The smallest absolute Gasteiger partial charge is 0.263 e. The number of primary amides is 1. The summed E-state index contributed by atoms with van der Waals surface area (Å²) in [7, 11) is 1.61. The van der Waals surface area contributed by atoms with Crippen molar-refractivity contribution in [3.8, 4) is 11.7 Å². The number of hydrogen-bond donors (Lipinski definition) is 1. The summed E-state index contributed by atoms with van der Waals surface area (Å²) < 4.78 is 16.0. The number of rotatable bonds is 8. The molecule has 1 amide bonds. The summed E-state index contributed by atoms with van der Waals surface area (Å²) in [5, 5.41) is 0. The number of ether oxygens (including phenoxy) is 1. The third kappa shape index (κ3) is 3.75. The van der Waals surface area contributed by atoms with Crippen LogP contribution in [0.4, 0.5) is 0 Å². The normalized spacial score (nSPS) is 12.7. The number of aryl methyl sites for hydroxylation is 1. The molecule has 0 aliphatic heterocycles. The largest absolute Gasteiger partial charge is 0.459 e. The van der Waals surface area contributed by atoms with E-state index in [-0.39, 0.29) is 5.91 Å². The van der Waals surface area contributed by atoms with Gasteiger partial charge in [0.15, 0.2) is 5.76 Å². The fraction of sp³-hybridized carbons (Fsp3) is 0.467. The maximum Gasteiger partial charge on any atom is 0.263 e. The zero-order chi connectivity index (χ0) is 16.1.